The Morgan fingerprint density at radius 3 is 2.78 bits per heavy atom. The molecule has 3 atom stereocenters. The van der Waals surface area contributed by atoms with Crippen molar-refractivity contribution in [3.63, 3.8) is 0 Å². The van der Waals surface area contributed by atoms with Crippen LogP contribution in [0, 0.1) is 17.8 Å². The lowest BCUT2D eigenvalue weighted by Crippen LogP contribution is -2.20. The van der Waals surface area contributed by atoms with Crippen molar-refractivity contribution in [1.29, 1.82) is 0 Å². The van der Waals surface area contributed by atoms with Gasteiger partial charge in [0.1, 0.15) is 11.6 Å². The van der Waals surface area contributed by atoms with E-state index in [4.69, 9.17) is 5.73 Å². The zero-order chi connectivity index (χ0) is 12.5. The predicted octanol–water partition coefficient (Wildman–Crippen LogP) is 1.95. The summed E-state index contributed by atoms with van der Waals surface area (Å²) in [4.78, 5) is 8.31. The zero-order valence-electron chi connectivity index (χ0n) is 10.8. The van der Waals surface area contributed by atoms with Gasteiger partial charge in [-0.1, -0.05) is 6.42 Å². The van der Waals surface area contributed by atoms with Crippen molar-refractivity contribution in [2.45, 2.75) is 25.7 Å². The van der Waals surface area contributed by atoms with E-state index in [2.05, 4.69) is 20.6 Å². The van der Waals surface area contributed by atoms with Crippen molar-refractivity contribution in [2.75, 3.05) is 30.0 Å². The zero-order valence-corrected chi connectivity index (χ0v) is 10.8. The van der Waals surface area contributed by atoms with Gasteiger partial charge < -0.3 is 16.4 Å². The number of anilines is 3. The van der Waals surface area contributed by atoms with Crippen molar-refractivity contribution >= 4 is 17.6 Å². The summed E-state index contributed by atoms with van der Waals surface area (Å²) in [6.07, 6.45) is 5.70. The molecule has 1 aromatic heterocycles. The number of nitrogens with two attached hydrogens (primary N) is 1. The van der Waals surface area contributed by atoms with E-state index in [1.807, 2.05) is 13.1 Å². The van der Waals surface area contributed by atoms with Gasteiger partial charge in [-0.3, -0.25) is 0 Å². The molecule has 3 unspecified atom stereocenters. The van der Waals surface area contributed by atoms with Crippen LogP contribution >= 0.6 is 0 Å². The van der Waals surface area contributed by atoms with Gasteiger partial charge in [0.05, 0.1) is 0 Å². The van der Waals surface area contributed by atoms with Crippen LogP contribution in [0.15, 0.2) is 6.07 Å². The Kier molecular flexibility index (Phi) is 2.97. The fraction of sp³-hybridized carbons (Fsp3) is 0.692. The Morgan fingerprint density at radius 2 is 2.11 bits per heavy atom. The molecule has 2 saturated carbocycles. The first-order valence-electron chi connectivity index (χ1n) is 6.81. The van der Waals surface area contributed by atoms with Crippen molar-refractivity contribution in [3.05, 3.63) is 6.07 Å². The Bertz CT molecular complexity index is 433. The van der Waals surface area contributed by atoms with E-state index in [-0.39, 0.29) is 0 Å². The second-order valence-corrected chi connectivity index (χ2v) is 5.56. The third-order valence-corrected chi connectivity index (χ3v) is 4.43. The molecule has 5 nitrogen and oxygen atoms in total. The smallest absolute Gasteiger partial charge is 0.223 e. The van der Waals surface area contributed by atoms with Gasteiger partial charge in [0.15, 0.2) is 0 Å². The molecule has 0 spiro atoms. The summed E-state index contributed by atoms with van der Waals surface area (Å²) in [6.45, 7) is 1.01. The minimum atomic E-state index is 0.317. The quantitative estimate of drug-likeness (QED) is 0.758. The predicted molar refractivity (Wildman–Crippen MR) is 73.4 cm³/mol. The highest BCUT2D eigenvalue weighted by molar-refractivity contribution is 5.50. The molecule has 0 amide bonds. The molecule has 1 aromatic rings. The van der Waals surface area contributed by atoms with Crippen LogP contribution in [0.3, 0.4) is 0 Å². The van der Waals surface area contributed by atoms with E-state index in [0.29, 0.717) is 5.95 Å². The second kappa shape index (κ2) is 4.63. The first-order chi connectivity index (χ1) is 8.74. The minimum absolute atomic E-state index is 0.317. The summed E-state index contributed by atoms with van der Waals surface area (Å²) in [7, 11) is 1.83. The summed E-state index contributed by atoms with van der Waals surface area (Å²) in [5, 5.41) is 6.41. The average Bonchev–Trinajstić information content (AvgIpc) is 2.97. The monoisotopic (exact) mass is 247 g/mol. The number of aromatic nitrogens is 2. The minimum Gasteiger partial charge on any atom is -0.373 e. The van der Waals surface area contributed by atoms with Crippen LogP contribution in [0.1, 0.15) is 25.7 Å². The highest BCUT2D eigenvalue weighted by Crippen LogP contribution is 2.48. The first-order valence-corrected chi connectivity index (χ1v) is 6.81. The third-order valence-electron chi connectivity index (χ3n) is 4.43. The van der Waals surface area contributed by atoms with Crippen molar-refractivity contribution < 1.29 is 0 Å². The molecule has 0 aliphatic heterocycles. The van der Waals surface area contributed by atoms with E-state index < -0.39 is 0 Å². The van der Waals surface area contributed by atoms with Crippen LogP contribution in [-0.2, 0) is 0 Å². The maximum absolute atomic E-state index is 5.68. The largest absolute Gasteiger partial charge is 0.373 e. The Hall–Kier alpha value is -1.52. The molecule has 18 heavy (non-hydrogen) atoms. The standard InChI is InChI=1S/C13H21N5/c1-15-11-6-12(18-13(14)17-11)16-7-10-5-8-2-3-9(10)4-8/h6,8-10H,2-5,7H2,1H3,(H4,14,15,16,17,18). The van der Waals surface area contributed by atoms with E-state index in [1.165, 1.54) is 25.7 Å². The van der Waals surface area contributed by atoms with Crippen molar-refractivity contribution in [1.82, 2.24) is 9.97 Å². The Morgan fingerprint density at radius 1 is 1.28 bits per heavy atom. The number of nitrogen functional groups attached to an aromatic ring is 1. The molecule has 2 bridgehead atoms. The van der Waals surface area contributed by atoms with Gasteiger partial charge in [0.25, 0.3) is 0 Å². The molecule has 0 saturated heterocycles. The highest BCUT2D eigenvalue weighted by Gasteiger charge is 2.39. The summed E-state index contributed by atoms with van der Waals surface area (Å²) >= 11 is 0. The third kappa shape index (κ3) is 2.21. The maximum Gasteiger partial charge on any atom is 0.223 e. The van der Waals surface area contributed by atoms with E-state index in [1.54, 1.807) is 0 Å². The Balaban J connectivity index is 1.61. The topological polar surface area (TPSA) is 75.9 Å². The number of hydrogen-bond donors (Lipinski definition) is 3. The molecule has 98 valence electrons. The van der Waals surface area contributed by atoms with Gasteiger partial charge in [-0.2, -0.15) is 9.97 Å². The van der Waals surface area contributed by atoms with Gasteiger partial charge in [0.2, 0.25) is 5.95 Å². The molecular formula is C13H21N5. The highest BCUT2D eigenvalue weighted by atomic mass is 15.1. The van der Waals surface area contributed by atoms with Crippen LogP contribution in [-0.4, -0.2) is 23.6 Å². The summed E-state index contributed by atoms with van der Waals surface area (Å²) < 4.78 is 0. The van der Waals surface area contributed by atoms with Crippen LogP contribution in [0.2, 0.25) is 0 Å². The van der Waals surface area contributed by atoms with E-state index in [0.717, 1.165) is 35.9 Å². The molecule has 3 rings (SSSR count). The molecule has 2 aliphatic carbocycles. The lowest BCUT2D eigenvalue weighted by molar-refractivity contribution is 0.348. The van der Waals surface area contributed by atoms with E-state index >= 15 is 0 Å². The molecule has 0 aromatic carbocycles. The van der Waals surface area contributed by atoms with Crippen LogP contribution in [0.5, 0.6) is 0 Å². The summed E-state index contributed by atoms with van der Waals surface area (Å²) in [5.41, 5.74) is 5.68. The lowest BCUT2D eigenvalue weighted by atomic mass is 9.89. The second-order valence-electron chi connectivity index (χ2n) is 5.56. The first kappa shape index (κ1) is 11.6. The maximum atomic E-state index is 5.68. The van der Waals surface area contributed by atoms with Gasteiger partial charge >= 0.3 is 0 Å². The van der Waals surface area contributed by atoms with Gasteiger partial charge in [-0.15, -0.1) is 0 Å². The SMILES string of the molecule is CNc1cc(NCC2CC3CCC2C3)nc(N)n1. The molecule has 2 fully saturated rings. The summed E-state index contributed by atoms with van der Waals surface area (Å²) in [6, 6.07) is 1.91. The fourth-order valence-electron chi connectivity index (χ4n) is 3.55. The van der Waals surface area contributed by atoms with Crippen LogP contribution in [0.25, 0.3) is 0 Å². The normalized spacial score (nSPS) is 29.5. The number of hydrogen-bond acceptors (Lipinski definition) is 5. The van der Waals surface area contributed by atoms with Crippen molar-refractivity contribution in [3.8, 4) is 0 Å². The number of fused-ring (bicyclic) bond motifs is 2. The number of nitrogens with one attached hydrogen (secondary N) is 2. The fourth-order valence-corrected chi connectivity index (χ4v) is 3.55. The molecule has 0 radical (unpaired) electrons. The van der Waals surface area contributed by atoms with Crippen LogP contribution in [0.4, 0.5) is 17.6 Å². The van der Waals surface area contributed by atoms with Crippen LogP contribution < -0.4 is 16.4 Å². The molecule has 1 heterocycles. The average molecular weight is 247 g/mol. The number of rotatable bonds is 4. The number of nitrogens with zero attached hydrogens (tertiary/aromatic N) is 2. The molecular weight excluding hydrogens is 226 g/mol. The lowest BCUT2D eigenvalue weighted by Gasteiger charge is -2.22. The van der Waals surface area contributed by atoms with Gasteiger partial charge in [-0.25, -0.2) is 0 Å². The molecule has 5 heteroatoms. The molecule has 4 N–H and O–H groups in total. The van der Waals surface area contributed by atoms with E-state index in [9.17, 15) is 0 Å². The van der Waals surface area contributed by atoms with Gasteiger partial charge in [0, 0.05) is 19.7 Å². The Labute approximate surface area is 108 Å². The molecule has 2 aliphatic rings. The summed E-state index contributed by atoms with van der Waals surface area (Å²) in [5.74, 6) is 4.65. The van der Waals surface area contributed by atoms with Gasteiger partial charge in [-0.05, 0) is 37.0 Å². The van der Waals surface area contributed by atoms with Crippen molar-refractivity contribution in [2.24, 2.45) is 17.8 Å².